The summed E-state index contributed by atoms with van der Waals surface area (Å²) >= 11 is 3.55. The zero-order chi connectivity index (χ0) is 22.5. The fraction of sp³-hybridized carbons (Fsp3) is 0.259. The van der Waals surface area contributed by atoms with Crippen LogP contribution in [0.4, 0.5) is 5.69 Å². The molecule has 32 heavy (non-hydrogen) atoms. The molecule has 5 heteroatoms. The molecule has 0 bridgehead atoms. The fourth-order valence-corrected chi connectivity index (χ4v) is 4.38. The number of carbonyl (C=O) groups is 1. The second-order valence-corrected chi connectivity index (χ2v) is 9.23. The Bertz CT molecular complexity index is 1100. The maximum absolute atomic E-state index is 11.5. The van der Waals surface area contributed by atoms with Gasteiger partial charge in [0.2, 0.25) is 0 Å². The number of ketones is 1. The van der Waals surface area contributed by atoms with Gasteiger partial charge in [-0.05, 0) is 41.8 Å². The lowest BCUT2D eigenvalue weighted by Gasteiger charge is -2.29. The number of pyridine rings is 1. The second kappa shape index (κ2) is 10.2. The Morgan fingerprint density at radius 1 is 1.06 bits per heavy atom. The first-order valence-corrected chi connectivity index (χ1v) is 11.7. The predicted octanol–water partition coefficient (Wildman–Crippen LogP) is 5.99. The molecule has 0 atom stereocenters. The van der Waals surface area contributed by atoms with Crippen molar-refractivity contribution in [2.45, 2.75) is 32.9 Å². The number of Topliss-reactive ketones (excluding diaryl/α,β-unsaturated/α-hetero) is 1. The lowest BCUT2D eigenvalue weighted by atomic mass is 10.1. The third-order valence-corrected chi connectivity index (χ3v) is 6.43. The highest BCUT2D eigenvalue weighted by molar-refractivity contribution is 9.10. The molecule has 164 valence electrons. The van der Waals surface area contributed by atoms with E-state index in [1.165, 1.54) is 16.7 Å². The molecule has 1 fully saturated rings. The van der Waals surface area contributed by atoms with E-state index in [4.69, 9.17) is 0 Å². The summed E-state index contributed by atoms with van der Waals surface area (Å²) in [6.07, 6.45) is 3.15. The van der Waals surface area contributed by atoms with Crippen LogP contribution < -0.4 is 4.90 Å². The number of benzene rings is 2. The zero-order valence-electron chi connectivity index (χ0n) is 18.4. The highest BCUT2D eigenvalue weighted by Crippen LogP contribution is 2.30. The van der Waals surface area contributed by atoms with E-state index in [9.17, 15) is 4.79 Å². The van der Waals surface area contributed by atoms with E-state index in [0.717, 1.165) is 41.2 Å². The minimum atomic E-state index is 0.382. The summed E-state index contributed by atoms with van der Waals surface area (Å²) < 4.78 is 0.983. The highest BCUT2D eigenvalue weighted by atomic mass is 79.9. The Morgan fingerprint density at radius 2 is 1.75 bits per heavy atom. The molecule has 2 aromatic carbocycles. The Balaban J connectivity index is 1.54. The van der Waals surface area contributed by atoms with E-state index in [1.807, 2.05) is 12.1 Å². The molecule has 1 saturated heterocycles. The third kappa shape index (κ3) is 5.53. The number of likely N-dealkylation sites (tertiary alicyclic amines) is 1. The van der Waals surface area contributed by atoms with Crippen LogP contribution in [0.15, 0.2) is 77.9 Å². The lowest BCUT2D eigenvalue weighted by Crippen LogP contribution is -2.33. The summed E-state index contributed by atoms with van der Waals surface area (Å²) in [4.78, 5) is 20.6. The molecule has 1 aliphatic heterocycles. The van der Waals surface area contributed by atoms with Crippen LogP contribution in [-0.4, -0.2) is 28.8 Å². The van der Waals surface area contributed by atoms with Crippen molar-refractivity contribution in [2.75, 3.05) is 18.0 Å². The normalized spacial score (nSPS) is 14.4. The van der Waals surface area contributed by atoms with Crippen molar-refractivity contribution >= 4 is 33.1 Å². The lowest BCUT2D eigenvalue weighted by molar-refractivity contribution is -0.121. The van der Waals surface area contributed by atoms with Gasteiger partial charge in [-0.25, -0.2) is 0 Å². The van der Waals surface area contributed by atoms with Crippen molar-refractivity contribution in [2.24, 2.45) is 0 Å². The summed E-state index contributed by atoms with van der Waals surface area (Å²) in [5.74, 6) is 0.382. The molecule has 4 nitrogen and oxygen atoms in total. The van der Waals surface area contributed by atoms with Crippen LogP contribution in [0.25, 0.3) is 5.70 Å². The monoisotopic (exact) mass is 489 g/mol. The number of aryl methyl sites for hydroxylation is 1. The van der Waals surface area contributed by atoms with Gasteiger partial charge in [0.25, 0.3) is 0 Å². The van der Waals surface area contributed by atoms with Crippen molar-refractivity contribution in [1.29, 1.82) is 0 Å². The van der Waals surface area contributed by atoms with Gasteiger partial charge in [-0.2, -0.15) is 0 Å². The van der Waals surface area contributed by atoms with Crippen molar-refractivity contribution in [3.63, 3.8) is 0 Å². The number of hydrogen-bond donors (Lipinski definition) is 0. The van der Waals surface area contributed by atoms with Crippen LogP contribution in [0.1, 0.15) is 35.2 Å². The molecule has 0 N–H and O–H groups in total. The summed E-state index contributed by atoms with van der Waals surface area (Å²) in [6, 6.07) is 21.1. The zero-order valence-corrected chi connectivity index (χ0v) is 20.0. The molecule has 0 unspecified atom stereocenters. The van der Waals surface area contributed by atoms with Crippen LogP contribution in [0.5, 0.6) is 0 Å². The fourth-order valence-electron chi connectivity index (χ4n) is 4.04. The number of rotatable bonds is 7. The average molecular weight is 490 g/mol. The van der Waals surface area contributed by atoms with Crippen LogP contribution in [0.2, 0.25) is 0 Å². The molecular weight excluding hydrogens is 462 g/mol. The van der Waals surface area contributed by atoms with Crippen LogP contribution in [0, 0.1) is 6.92 Å². The maximum atomic E-state index is 11.5. The molecule has 0 aliphatic carbocycles. The van der Waals surface area contributed by atoms with E-state index < -0.39 is 0 Å². The quantitative estimate of drug-likeness (QED) is 0.408. The van der Waals surface area contributed by atoms with E-state index in [0.29, 0.717) is 25.2 Å². The molecule has 4 rings (SSSR count). The molecule has 1 aliphatic rings. The Kier molecular flexibility index (Phi) is 7.18. The third-order valence-electron chi connectivity index (χ3n) is 5.93. The minimum absolute atomic E-state index is 0.382. The number of piperidine rings is 1. The Hall–Kier alpha value is -2.76. The summed E-state index contributed by atoms with van der Waals surface area (Å²) in [7, 11) is 0. The number of para-hydroxylation sites is 1. The molecule has 0 spiro atoms. The maximum Gasteiger partial charge on any atom is 0.135 e. The van der Waals surface area contributed by atoms with Gasteiger partial charge in [-0.3, -0.25) is 14.7 Å². The molecule has 3 aromatic rings. The molecule has 0 radical (unpaired) electrons. The van der Waals surface area contributed by atoms with Crippen molar-refractivity contribution < 1.29 is 4.79 Å². The van der Waals surface area contributed by atoms with Crippen LogP contribution in [0.3, 0.4) is 0 Å². The second-order valence-electron chi connectivity index (χ2n) is 8.31. The first-order chi connectivity index (χ1) is 15.5. The van der Waals surface area contributed by atoms with E-state index in [1.54, 1.807) is 6.20 Å². The number of carbonyl (C=O) groups excluding carboxylic acids is 1. The van der Waals surface area contributed by atoms with Crippen LogP contribution >= 0.6 is 15.9 Å². The summed E-state index contributed by atoms with van der Waals surface area (Å²) in [6.45, 7) is 9.83. The SMILES string of the molecule is C=C(c1cc(Br)ccn1)N(Cc1ccc(CN2CCC(=O)CC2)cc1)c1ccccc1C. The number of halogens is 1. The van der Waals surface area contributed by atoms with Gasteiger partial charge < -0.3 is 4.90 Å². The molecule has 2 heterocycles. The number of hydrogen-bond acceptors (Lipinski definition) is 4. The Labute approximate surface area is 198 Å². The van der Waals surface area contributed by atoms with E-state index in [-0.39, 0.29) is 0 Å². The summed E-state index contributed by atoms with van der Waals surface area (Å²) in [5.41, 5.74) is 6.52. The number of aromatic nitrogens is 1. The topological polar surface area (TPSA) is 36.4 Å². The average Bonchev–Trinajstić information content (AvgIpc) is 2.80. The van der Waals surface area contributed by atoms with E-state index >= 15 is 0 Å². The van der Waals surface area contributed by atoms with Gasteiger partial charge in [0.1, 0.15) is 5.78 Å². The first kappa shape index (κ1) is 22.4. The van der Waals surface area contributed by atoms with Gasteiger partial charge in [0.05, 0.1) is 11.4 Å². The molecule has 1 aromatic heterocycles. The molecular formula is C27H28BrN3O. The van der Waals surface area contributed by atoms with Gasteiger partial charge in [-0.1, -0.05) is 65.0 Å². The largest absolute Gasteiger partial charge is 0.335 e. The van der Waals surface area contributed by atoms with E-state index in [2.05, 4.69) is 92.7 Å². The number of nitrogens with zero attached hydrogens (tertiary/aromatic N) is 3. The van der Waals surface area contributed by atoms with Crippen LogP contribution in [-0.2, 0) is 17.9 Å². The smallest absolute Gasteiger partial charge is 0.135 e. The predicted molar refractivity (Wildman–Crippen MR) is 134 cm³/mol. The Morgan fingerprint density at radius 3 is 2.44 bits per heavy atom. The molecule has 0 saturated carbocycles. The van der Waals surface area contributed by atoms with Gasteiger partial charge in [0.15, 0.2) is 0 Å². The van der Waals surface area contributed by atoms with Gasteiger partial charge in [0, 0.05) is 55.4 Å². The van der Waals surface area contributed by atoms with Crippen molar-refractivity contribution in [1.82, 2.24) is 9.88 Å². The van der Waals surface area contributed by atoms with Crippen molar-refractivity contribution in [3.05, 3.63) is 100 Å². The molecule has 0 amide bonds. The minimum Gasteiger partial charge on any atom is -0.335 e. The van der Waals surface area contributed by atoms with Gasteiger partial charge >= 0.3 is 0 Å². The van der Waals surface area contributed by atoms with Crippen molar-refractivity contribution in [3.8, 4) is 0 Å². The van der Waals surface area contributed by atoms with Gasteiger partial charge in [-0.15, -0.1) is 0 Å². The number of anilines is 1. The standard InChI is InChI=1S/C27H28BrN3O/c1-20-5-3-4-6-27(20)31(21(2)26-17-24(28)11-14-29-26)19-23-9-7-22(8-10-23)18-30-15-12-25(32)13-16-30/h3-11,14,17H,2,12-13,15-16,18-19H2,1H3. The first-order valence-electron chi connectivity index (χ1n) is 11.0. The summed E-state index contributed by atoms with van der Waals surface area (Å²) in [5, 5.41) is 0. The highest BCUT2D eigenvalue weighted by Gasteiger charge is 2.18.